The van der Waals surface area contributed by atoms with Crippen LogP contribution in [-0.2, 0) is 16.0 Å². The molecule has 0 bridgehead atoms. The third-order valence-electron chi connectivity index (χ3n) is 4.29. The van der Waals surface area contributed by atoms with Gasteiger partial charge in [-0.15, -0.1) is 0 Å². The summed E-state index contributed by atoms with van der Waals surface area (Å²) in [6, 6.07) is 12.1. The number of benzene rings is 2. The SMILES string of the molecule is COc1ccc(/C=C2/SC(=O)N(CCNC(=O)Cc3ccc(Cl)c(Cl)c3)C2=O)cc1. The first-order valence-electron chi connectivity index (χ1n) is 8.97. The lowest BCUT2D eigenvalue weighted by atomic mass is 10.1. The summed E-state index contributed by atoms with van der Waals surface area (Å²) in [7, 11) is 1.57. The molecule has 0 radical (unpaired) electrons. The molecule has 3 rings (SSSR count). The van der Waals surface area contributed by atoms with E-state index in [1.165, 1.54) is 0 Å². The maximum atomic E-state index is 12.5. The van der Waals surface area contributed by atoms with E-state index in [1.807, 2.05) is 0 Å². The Labute approximate surface area is 188 Å². The van der Waals surface area contributed by atoms with Gasteiger partial charge in [-0.1, -0.05) is 41.4 Å². The number of thioether (sulfide) groups is 1. The highest BCUT2D eigenvalue weighted by atomic mass is 35.5. The lowest BCUT2D eigenvalue weighted by molar-refractivity contribution is -0.124. The van der Waals surface area contributed by atoms with E-state index in [1.54, 1.807) is 55.7 Å². The number of nitrogens with zero attached hydrogens (tertiary/aromatic N) is 1. The molecule has 30 heavy (non-hydrogen) atoms. The molecule has 0 spiro atoms. The molecule has 3 amide bonds. The molecule has 2 aromatic rings. The molecule has 1 N–H and O–H groups in total. The quantitative estimate of drug-likeness (QED) is 0.614. The first-order valence-corrected chi connectivity index (χ1v) is 10.5. The number of hydrogen-bond acceptors (Lipinski definition) is 5. The summed E-state index contributed by atoms with van der Waals surface area (Å²) in [6.07, 6.45) is 1.78. The minimum atomic E-state index is -0.375. The third kappa shape index (κ3) is 5.56. The number of rotatable bonds is 7. The van der Waals surface area contributed by atoms with Gasteiger partial charge >= 0.3 is 0 Å². The first kappa shape index (κ1) is 22.2. The van der Waals surface area contributed by atoms with Gasteiger partial charge in [0.1, 0.15) is 5.75 Å². The van der Waals surface area contributed by atoms with Crippen molar-refractivity contribution in [3.8, 4) is 5.75 Å². The average Bonchev–Trinajstić information content (AvgIpc) is 2.98. The van der Waals surface area contributed by atoms with Gasteiger partial charge < -0.3 is 10.1 Å². The van der Waals surface area contributed by atoms with Crippen LogP contribution in [-0.4, -0.2) is 42.2 Å². The fourth-order valence-electron chi connectivity index (χ4n) is 2.75. The van der Waals surface area contributed by atoms with Crippen LogP contribution in [0.1, 0.15) is 11.1 Å². The minimum Gasteiger partial charge on any atom is -0.497 e. The van der Waals surface area contributed by atoms with Crippen molar-refractivity contribution in [3.05, 3.63) is 68.5 Å². The highest BCUT2D eigenvalue weighted by molar-refractivity contribution is 8.18. The van der Waals surface area contributed by atoms with Crippen LogP contribution in [0.15, 0.2) is 47.4 Å². The Hall–Kier alpha value is -2.48. The van der Waals surface area contributed by atoms with Crippen LogP contribution < -0.4 is 10.1 Å². The van der Waals surface area contributed by atoms with Gasteiger partial charge in [-0.25, -0.2) is 0 Å². The van der Waals surface area contributed by atoms with Gasteiger partial charge in [0.25, 0.3) is 11.1 Å². The fourth-order valence-corrected chi connectivity index (χ4v) is 3.93. The van der Waals surface area contributed by atoms with E-state index in [2.05, 4.69) is 5.32 Å². The predicted octanol–water partition coefficient (Wildman–Crippen LogP) is 4.40. The van der Waals surface area contributed by atoms with Crippen LogP contribution in [0.25, 0.3) is 6.08 Å². The zero-order chi connectivity index (χ0) is 21.7. The summed E-state index contributed by atoms with van der Waals surface area (Å²) in [5.74, 6) is 0.0885. The highest BCUT2D eigenvalue weighted by Crippen LogP contribution is 2.32. The molecule has 0 aromatic heterocycles. The summed E-state index contributed by atoms with van der Waals surface area (Å²) in [5, 5.41) is 3.14. The van der Waals surface area contributed by atoms with Crippen LogP contribution in [0, 0.1) is 0 Å². The molecular formula is C21H18Cl2N2O4S. The molecule has 1 aliphatic rings. The number of amides is 3. The fraction of sp³-hybridized carbons (Fsp3) is 0.190. The van der Waals surface area contributed by atoms with Crippen molar-refractivity contribution in [2.45, 2.75) is 6.42 Å². The molecule has 1 heterocycles. The Morgan fingerprint density at radius 1 is 1.13 bits per heavy atom. The van der Waals surface area contributed by atoms with Crippen molar-refractivity contribution >= 4 is 58.1 Å². The van der Waals surface area contributed by atoms with Crippen LogP contribution in [0.3, 0.4) is 0 Å². The number of nitrogens with one attached hydrogen (secondary N) is 1. The zero-order valence-electron chi connectivity index (χ0n) is 16.0. The predicted molar refractivity (Wildman–Crippen MR) is 119 cm³/mol. The van der Waals surface area contributed by atoms with Gasteiger partial charge in [-0.3, -0.25) is 19.3 Å². The van der Waals surface area contributed by atoms with E-state index in [0.717, 1.165) is 27.8 Å². The monoisotopic (exact) mass is 464 g/mol. The van der Waals surface area contributed by atoms with Crippen molar-refractivity contribution in [1.29, 1.82) is 0 Å². The normalized spacial score (nSPS) is 15.0. The molecule has 1 saturated heterocycles. The van der Waals surface area contributed by atoms with Gasteiger partial charge in [0.05, 0.1) is 28.5 Å². The minimum absolute atomic E-state index is 0.0950. The van der Waals surface area contributed by atoms with Crippen LogP contribution >= 0.6 is 35.0 Å². The van der Waals surface area contributed by atoms with Crippen molar-refractivity contribution in [3.63, 3.8) is 0 Å². The summed E-state index contributed by atoms with van der Waals surface area (Å²) < 4.78 is 5.10. The van der Waals surface area contributed by atoms with Crippen LogP contribution in [0.4, 0.5) is 4.79 Å². The molecule has 6 nitrogen and oxygen atoms in total. The average molecular weight is 465 g/mol. The zero-order valence-corrected chi connectivity index (χ0v) is 18.3. The maximum absolute atomic E-state index is 12.5. The summed E-state index contributed by atoms with van der Waals surface area (Å²) in [6.45, 7) is 0.256. The van der Waals surface area contributed by atoms with Gasteiger partial charge in [-0.2, -0.15) is 0 Å². The summed E-state index contributed by atoms with van der Waals surface area (Å²) in [5.41, 5.74) is 1.51. The Balaban J connectivity index is 1.53. The topological polar surface area (TPSA) is 75.7 Å². The number of imide groups is 1. The molecule has 0 saturated carbocycles. The molecule has 156 valence electrons. The molecular weight excluding hydrogens is 447 g/mol. The number of carbonyl (C=O) groups excluding carboxylic acids is 3. The number of methoxy groups -OCH3 is 1. The molecule has 0 atom stereocenters. The second-order valence-corrected chi connectivity index (χ2v) is 8.19. The second-order valence-electron chi connectivity index (χ2n) is 6.38. The molecule has 9 heteroatoms. The van der Waals surface area contributed by atoms with E-state index in [4.69, 9.17) is 27.9 Å². The molecule has 2 aromatic carbocycles. The Bertz CT molecular complexity index is 1010. The smallest absolute Gasteiger partial charge is 0.293 e. The first-order chi connectivity index (χ1) is 14.4. The van der Waals surface area contributed by atoms with Crippen molar-refractivity contribution in [2.75, 3.05) is 20.2 Å². The Kier molecular flexibility index (Phi) is 7.42. The van der Waals surface area contributed by atoms with Gasteiger partial charge in [0.2, 0.25) is 5.91 Å². The largest absolute Gasteiger partial charge is 0.497 e. The maximum Gasteiger partial charge on any atom is 0.293 e. The number of ether oxygens (including phenoxy) is 1. The standard InChI is InChI=1S/C21H18Cl2N2O4S/c1-29-15-5-2-13(3-6-15)11-18-20(27)25(21(28)30-18)9-8-24-19(26)12-14-4-7-16(22)17(23)10-14/h2-7,10-11H,8-9,12H2,1H3,(H,24,26)/b18-11+. The van der Waals surface area contributed by atoms with Crippen molar-refractivity contribution < 1.29 is 19.1 Å². The van der Waals surface area contributed by atoms with E-state index < -0.39 is 0 Å². The van der Waals surface area contributed by atoms with E-state index in [9.17, 15) is 14.4 Å². The molecule has 1 aliphatic heterocycles. The Morgan fingerprint density at radius 3 is 2.53 bits per heavy atom. The molecule has 1 fully saturated rings. The molecule has 0 unspecified atom stereocenters. The third-order valence-corrected chi connectivity index (χ3v) is 5.94. The van der Waals surface area contributed by atoms with Gasteiger partial charge in [0, 0.05) is 13.1 Å². The number of hydrogen-bond donors (Lipinski definition) is 1. The number of carbonyl (C=O) groups is 3. The van der Waals surface area contributed by atoms with Crippen LogP contribution in [0.2, 0.25) is 10.0 Å². The lowest BCUT2D eigenvalue weighted by Crippen LogP contribution is -2.37. The number of halogens is 2. The summed E-state index contributed by atoms with van der Waals surface area (Å²) in [4.78, 5) is 38.3. The van der Waals surface area contributed by atoms with Crippen LogP contribution in [0.5, 0.6) is 5.75 Å². The second kappa shape index (κ2) is 10.0. The lowest BCUT2D eigenvalue weighted by Gasteiger charge is -2.13. The van der Waals surface area contributed by atoms with Crippen molar-refractivity contribution in [2.24, 2.45) is 0 Å². The molecule has 0 aliphatic carbocycles. The van der Waals surface area contributed by atoms with Crippen molar-refractivity contribution in [1.82, 2.24) is 10.2 Å². The van der Waals surface area contributed by atoms with E-state index in [-0.39, 0.29) is 36.6 Å². The highest BCUT2D eigenvalue weighted by Gasteiger charge is 2.34. The Morgan fingerprint density at radius 2 is 1.87 bits per heavy atom. The van der Waals surface area contributed by atoms with Gasteiger partial charge in [0.15, 0.2) is 0 Å². The summed E-state index contributed by atoms with van der Waals surface area (Å²) >= 11 is 12.7. The van der Waals surface area contributed by atoms with Gasteiger partial charge in [-0.05, 0) is 53.2 Å². The van der Waals surface area contributed by atoms with E-state index >= 15 is 0 Å². The van der Waals surface area contributed by atoms with E-state index in [0.29, 0.717) is 20.7 Å².